The summed E-state index contributed by atoms with van der Waals surface area (Å²) in [6, 6.07) is 1.97. The molecular weight excluding hydrogens is 506 g/mol. The number of benzene rings is 1. The van der Waals surface area contributed by atoms with Gasteiger partial charge in [-0.1, -0.05) is 12.1 Å². The molecule has 0 saturated carbocycles. The maximum atomic E-state index is 13.1. The number of phenols is 1. The highest BCUT2D eigenvalue weighted by atomic mass is 32.2. The SMILES string of the molecule is CSCCC(N)C(=O)NC(Cc1ccc(O)cc1)C(=O)NC(CS)C(=O)NC(CCCCN)C(=O)O. The number of carbonyl (C=O) groups excluding carboxylic acids is 3. The first-order valence-corrected chi connectivity index (χ1v) is 13.6. The molecule has 11 nitrogen and oxygen atoms in total. The van der Waals surface area contributed by atoms with E-state index in [1.165, 1.54) is 23.9 Å². The van der Waals surface area contributed by atoms with Crippen LogP contribution in [0, 0.1) is 0 Å². The summed E-state index contributed by atoms with van der Waals surface area (Å²) < 4.78 is 0. The van der Waals surface area contributed by atoms with E-state index < -0.39 is 47.9 Å². The van der Waals surface area contributed by atoms with Crippen molar-refractivity contribution in [2.45, 2.75) is 56.3 Å². The fraction of sp³-hybridized carbons (Fsp3) is 0.565. The van der Waals surface area contributed by atoms with Gasteiger partial charge in [0.15, 0.2) is 0 Å². The van der Waals surface area contributed by atoms with Crippen molar-refractivity contribution in [3.63, 3.8) is 0 Å². The Balaban J connectivity index is 2.96. The lowest BCUT2D eigenvalue weighted by Crippen LogP contribution is -2.58. The van der Waals surface area contributed by atoms with Crippen molar-refractivity contribution in [3.05, 3.63) is 29.8 Å². The number of phenolic OH excluding ortho intramolecular Hbond substituents is 1. The van der Waals surface area contributed by atoms with Crippen LogP contribution in [0.2, 0.25) is 0 Å². The van der Waals surface area contributed by atoms with E-state index >= 15 is 0 Å². The Bertz CT molecular complexity index is 858. The van der Waals surface area contributed by atoms with Crippen molar-refractivity contribution >= 4 is 48.1 Å². The lowest BCUT2D eigenvalue weighted by molar-refractivity contribution is -0.142. The number of unbranched alkanes of at least 4 members (excludes halogenated alkanes) is 1. The summed E-state index contributed by atoms with van der Waals surface area (Å²) in [6.45, 7) is 0.407. The van der Waals surface area contributed by atoms with Gasteiger partial charge in [0.25, 0.3) is 0 Å². The van der Waals surface area contributed by atoms with Gasteiger partial charge in [-0.25, -0.2) is 4.79 Å². The van der Waals surface area contributed by atoms with Crippen molar-refractivity contribution in [3.8, 4) is 5.75 Å². The summed E-state index contributed by atoms with van der Waals surface area (Å²) in [5.41, 5.74) is 12.0. The predicted octanol–water partition coefficient (Wildman–Crippen LogP) is -0.387. The van der Waals surface area contributed by atoms with Gasteiger partial charge in [-0.3, -0.25) is 14.4 Å². The minimum atomic E-state index is -1.19. The third kappa shape index (κ3) is 11.5. The number of carbonyl (C=O) groups is 4. The first-order chi connectivity index (χ1) is 17.1. The molecule has 36 heavy (non-hydrogen) atoms. The van der Waals surface area contributed by atoms with E-state index in [0.717, 1.165) is 0 Å². The Morgan fingerprint density at radius 2 is 1.53 bits per heavy atom. The fourth-order valence-corrected chi connectivity index (χ4v) is 3.97. The van der Waals surface area contributed by atoms with Gasteiger partial charge in [-0.2, -0.15) is 24.4 Å². The van der Waals surface area contributed by atoms with E-state index in [1.807, 2.05) is 6.26 Å². The van der Waals surface area contributed by atoms with E-state index in [2.05, 4.69) is 28.6 Å². The van der Waals surface area contributed by atoms with E-state index in [4.69, 9.17) is 11.5 Å². The second-order valence-electron chi connectivity index (χ2n) is 8.25. The molecule has 0 fully saturated rings. The highest BCUT2D eigenvalue weighted by molar-refractivity contribution is 7.98. The number of thiol groups is 1. The normalized spacial score (nSPS) is 14.2. The van der Waals surface area contributed by atoms with Crippen LogP contribution >= 0.6 is 24.4 Å². The molecule has 0 aliphatic carbocycles. The van der Waals surface area contributed by atoms with Crippen molar-refractivity contribution in [1.82, 2.24) is 16.0 Å². The van der Waals surface area contributed by atoms with Crippen molar-refractivity contribution in [2.24, 2.45) is 11.5 Å². The summed E-state index contributed by atoms with van der Waals surface area (Å²) in [5, 5.41) is 26.6. The molecule has 202 valence electrons. The highest BCUT2D eigenvalue weighted by Gasteiger charge is 2.29. The highest BCUT2D eigenvalue weighted by Crippen LogP contribution is 2.12. The average Bonchev–Trinajstić information content (AvgIpc) is 2.85. The minimum absolute atomic E-state index is 0.0501. The van der Waals surface area contributed by atoms with E-state index in [9.17, 15) is 29.4 Å². The zero-order chi connectivity index (χ0) is 27.1. The molecular formula is C23H37N5O6S2. The number of hydrogen-bond donors (Lipinski definition) is 8. The molecule has 1 aromatic carbocycles. The molecule has 0 heterocycles. The van der Waals surface area contributed by atoms with Crippen LogP contribution < -0.4 is 27.4 Å². The number of hydrogen-bond acceptors (Lipinski definition) is 9. The number of thioether (sulfide) groups is 1. The Morgan fingerprint density at radius 3 is 2.08 bits per heavy atom. The van der Waals surface area contributed by atoms with Gasteiger partial charge < -0.3 is 37.6 Å². The van der Waals surface area contributed by atoms with E-state index in [0.29, 0.717) is 37.1 Å². The van der Waals surface area contributed by atoms with E-state index in [-0.39, 0.29) is 24.3 Å². The molecule has 9 N–H and O–H groups in total. The van der Waals surface area contributed by atoms with Crippen LogP contribution in [0.15, 0.2) is 24.3 Å². The Hall–Kier alpha value is -2.48. The number of aliphatic carboxylic acids is 1. The molecule has 0 aliphatic heterocycles. The quantitative estimate of drug-likeness (QED) is 0.0953. The molecule has 1 rings (SSSR count). The number of aromatic hydroxyl groups is 1. The van der Waals surface area contributed by atoms with Gasteiger partial charge >= 0.3 is 5.97 Å². The predicted molar refractivity (Wildman–Crippen MR) is 143 cm³/mol. The molecule has 4 atom stereocenters. The molecule has 3 amide bonds. The Morgan fingerprint density at radius 1 is 0.944 bits per heavy atom. The number of nitrogens with one attached hydrogen (secondary N) is 3. The minimum Gasteiger partial charge on any atom is -0.508 e. The van der Waals surface area contributed by atoms with Gasteiger partial charge in [0.1, 0.15) is 23.9 Å². The summed E-state index contributed by atoms with van der Waals surface area (Å²) >= 11 is 5.67. The molecule has 13 heteroatoms. The second-order valence-corrected chi connectivity index (χ2v) is 9.60. The van der Waals surface area contributed by atoms with Crippen molar-refractivity contribution in [2.75, 3.05) is 24.3 Å². The van der Waals surface area contributed by atoms with E-state index in [1.54, 1.807) is 12.1 Å². The third-order valence-corrected chi connectivity index (χ3v) is 6.37. The van der Waals surface area contributed by atoms with Gasteiger partial charge in [0, 0.05) is 12.2 Å². The maximum Gasteiger partial charge on any atom is 0.326 e. The molecule has 1 aromatic rings. The van der Waals surface area contributed by atoms with Crippen molar-refractivity contribution in [1.29, 1.82) is 0 Å². The topological polar surface area (TPSA) is 197 Å². The molecule has 0 saturated heterocycles. The second kappa shape index (κ2) is 17.1. The Labute approximate surface area is 220 Å². The summed E-state index contributed by atoms with van der Waals surface area (Å²) in [6.07, 6.45) is 3.71. The van der Waals surface area contributed by atoms with Crippen LogP contribution in [-0.2, 0) is 25.6 Å². The first-order valence-electron chi connectivity index (χ1n) is 11.6. The zero-order valence-electron chi connectivity index (χ0n) is 20.3. The maximum absolute atomic E-state index is 13.1. The van der Waals surface area contributed by atoms with Gasteiger partial charge in [0.05, 0.1) is 6.04 Å². The number of nitrogens with two attached hydrogens (primary N) is 2. The molecule has 0 aliphatic rings. The van der Waals surface area contributed by atoms with Gasteiger partial charge in [-0.05, 0) is 61.9 Å². The number of carboxylic acids is 1. The molecule has 0 radical (unpaired) electrons. The molecule has 0 aromatic heterocycles. The van der Waals surface area contributed by atoms with Crippen LogP contribution in [0.1, 0.15) is 31.2 Å². The van der Waals surface area contributed by atoms with Crippen LogP contribution in [0.25, 0.3) is 0 Å². The summed E-state index contributed by atoms with van der Waals surface area (Å²) in [4.78, 5) is 50.0. The lowest BCUT2D eigenvalue weighted by atomic mass is 10.0. The zero-order valence-corrected chi connectivity index (χ0v) is 22.0. The average molecular weight is 544 g/mol. The lowest BCUT2D eigenvalue weighted by Gasteiger charge is -2.24. The smallest absolute Gasteiger partial charge is 0.326 e. The van der Waals surface area contributed by atoms with Gasteiger partial charge in [0.2, 0.25) is 17.7 Å². The van der Waals surface area contributed by atoms with Crippen LogP contribution in [0.3, 0.4) is 0 Å². The number of amides is 3. The first kappa shape index (κ1) is 31.5. The number of carboxylic acid groups (broad SMARTS) is 1. The van der Waals surface area contributed by atoms with Crippen LogP contribution in [0.5, 0.6) is 5.75 Å². The standard InChI is InChI=1S/C23H37N5O6S2/c1-36-11-9-16(25)20(30)27-18(12-14-5-7-15(29)8-6-14)21(31)28-19(13-35)22(32)26-17(23(33)34)4-2-3-10-24/h5-8,16-19,29,35H,2-4,9-13,24-25H2,1H3,(H,26,32)(H,27,30)(H,28,31)(H,33,34). The summed E-state index contributed by atoms with van der Waals surface area (Å²) in [5.74, 6) is -2.44. The summed E-state index contributed by atoms with van der Waals surface area (Å²) in [7, 11) is 0. The third-order valence-electron chi connectivity index (χ3n) is 5.36. The molecule has 4 unspecified atom stereocenters. The molecule has 0 spiro atoms. The van der Waals surface area contributed by atoms with Gasteiger partial charge in [-0.15, -0.1) is 0 Å². The number of rotatable bonds is 17. The molecule has 0 bridgehead atoms. The monoisotopic (exact) mass is 543 g/mol. The Kier molecular flexibility index (Phi) is 14.9. The van der Waals surface area contributed by atoms with Crippen LogP contribution in [0.4, 0.5) is 0 Å². The van der Waals surface area contributed by atoms with Crippen LogP contribution in [-0.4, -0.2) is 82.4 Å². The fourth-order valence-electron chi connectivity index (χ4n) is 3.22. The largest absolute Gasteiger partial charge is 0.508 e. The van der Waals surface area contributed by atoms with Crippen molar-refractivity contribution < 1.29 is 29.4 Å².